The maximum absolute atomic E-state index is 13.4. The standard InChI is InChI=1S/C24H24N4O3/c1-15(2)13-27-22(29)20(21(24(27)31)26-12-8-9-16(3)14-26)19-17(4)25-28(23(19)30)18-10-6-5-7-11-18/h5-12,14-15H,13H2,1-4H3/p+1. The molecule has 158 valence electrons. The molecule has 0 bridgehead atoms. The second-order valence-electron chi connectivity index (χ2n) is 8.21. The first-order chi connectivity index (χ1) is 14.8. The Hall–Kier alpha value is -3.74. The van der Waals surface area contributed by atoms with Gasteiger partial charge in [-0.15, -0.1) is 0 Å². The zero-order valence-electron chi connectivity index (χ0n) is 18.0. The first-order valence-electron chi connectivity index (χ1n) is 10.3. The number of aromatic amines is 1. The number of imide groups is 1. The van der Waals surface area contributed by atoms with E-state index < -0.39 is 11.8 Å². The Morgan fingerprint density at radius 1 is 0.968 bits per heavy atom. The summed E-state index contributed by atoms with van der Waals surface area (Å²) in [5.74, 6) is -0.734. The molecule has 0 unspecified atom stereocenters. The monoisotopic (exact) mass is 417 g/mol. The van der Waals surface area contributed by atoms with E-state index in [1.807, 2.05) is 51.1 Å². The molecule has 1 aliphatic heterocycles. The van der Waals surface area contributed by atoms with Crippen molar-refractivity contribution in [1.82, 2.24) is 14.7 Å². The molecule has 2 aromatic heterocycles. The molecule has 0 atom stereocenters. The summed E-state index contributed by atoms with van der Waals surface area (Å²) in [4.78, 5) is 41.4. The highest BCUT2D eigenvalue weighted by Crippen LogP contribution is 2.30. The van der Waals surface area contributed by atoms with E-state index in [0.717, 1.165) is 5.56 Å². The molecule has 0 saturated carbocycles. The average Bonchev–Trinajstić information content (AvgIpc) is 3.15. The van der Waals surface area contributed by atoms with Gasteiger partial charge < -0.3 is 0 Å². The highest BCUT2D eigenvalue weighted by atomic mass is 16.2. The zero-order valence-corrected chi connectivity index (χ0v) is 18.0. The van der Waals surface area contributed by atoms with Crippen LogP contribution in [0.3, 0.4) is 0 Å². The van der Waals surface area contributed by atoms with E-state index >= 15 is 0 Å². The van der Waals surface area contributed by atoms with Crippen LogP contribution in [-0.4, -0.2) is 33.0 Å². The molecule has 7 nitrogen and oxygen atoms in total. The van der Waals surface area contributed by atoms with Gasteiger partial charge in [-0.25, -0.2) is 4.68 Å². The van der Waals surface area contributed by atoms with Crippen molar-refractivity contribution >= 4 is 23.1 Å². The van der Waals surface area contributed by atoms with Crippen LogP contribution in [0.25, 0.3) is 17.0 Å². The molecule has 7 heteroatoms. The van der Waals surface area contributed by atoms with Gasteiger partial charge in [-0.1, -0.05) is 32.0 Å². The van der Waals surface area contributed by atoms with Crippen LogP contribution in [0.2, 0.25) is 0 Å². The molecule has 3 heterocycles. The second kappa shape index (κ2) is 7.83. The predicted molar refractivity (Wildman–Crippen MR) is 117 cm³/mol. The van der Waals surface area contributed by atoms with Crippen LogP contribution < -0.4 is 10.1 Å². The Morgan fingerprint density at radius 3 is 2.32 bits per heavy atom. The van der Waals surface area contributed by atoms with Crippen LogP contribution >= 0.6 is 0 Å². The number of H-pyrrole nitrogens is 1. The number of nitrogens with one attached hydrogen (secondary N) is 1. The smallest absolute Gasteiger partial charge is 0.295 e. The highest BCUT2D eigenvalue weighted by Gasteiger charge is 2.47. The summed E-state index contributed by atoms with van der Waals surface area (Å²) < 4.78 is 3.04. The number of rotatable bonds is 5. The number of hydrogen-bond donors (Lipinski definition) is 1. The third-order valence-electron chi connectivity index (χ3n) is 5.23. The molecule has 4 rings (SSSR count). The fourth-order valence-electron chi connectivity index (χ4n) is 3.89. The Morgan fingerprint density at radius 2 is 1.68 bits per heavy atom. The molecule has 0 aliphatic carbocycles. The van der Waals surface area contributed by atoms with E-state index in [1.54, 1.807) is 36.0 Å². The number of amides is 2. The van der Waals surface area contributed by atoms with Crippen LogP contribution in [0.1, 0.15) is 30.7 Å². The molecule has 3 aromatic rings. The van der Waals surface area contributed by atoms with Crippen molar-refractivity contribution in [3.05, 3.63) is 82.0 Å². The molecule has 0 radical (unpaired) electrons. The Labute approximate surface area is 180 Å². The van der Waals surface area contributed by atoms with E-state index in [2.05, 4.69) is 5.10 Å². The molecule has 1 N–H and O–H groups in total. The summed E-state index contributed by atoms with van der Waals surface area (Å²) in [5, 5.41) is 3.06. The van der Waals surface area contributed by atoms with E-state index in [4.69, 9.17) is 0 Å². The fourth-order valence-corrected chi connectivity index (χ4v) is 3.89. The van der Waals surface area contributed by atoms with Crippen molar-refractivity contribution in [2.24, 2.45) is 5.92 Å². The number of aryl methyl sites for hydroxylation is 2. The van der Waals surface area contributed by atoms with Crippen molar-refractivity contribution in [3.63, 3.8) is 0 Å². The minimum atomic E-state index is -0.442. The van der Waals surface area contributed by atoms with Crippen molar-refractivity contribution < 1.29 is 14.2 Å². The lowest BCUT2D eigenvalue weighted by molar-refractivity contribution is -0.577. The molecule has 1 aliphatic rings. The Balaban J connectivity index is 1.97. The lowest BCUT2D eigenvalue weighted by atomic mass is 10.1. The van der Waals surface area contributed by atoms with E-state index in [-0.39, 0.29) is 34.9 Å². The van der Waals surface area contributed by atoms with Crippen molar-refractivity contribution in [1.29, 1.82) is 0 Å². The number of hydrogen-bond acceptors (Lipinski definition) is 3. The first-order valence-corrected chi connectivity index (χ1v) is 10.3. The van der Waals surface area contributed by atoms with Crippen molar-refractivity contribution in [2.45, 2.75) is 27.7 Å². The molecular formula is C24H25N4O3+. The number of benzene rings is 1. The summed E-state index contributed by atoms with van der Waals surface area (Å²) in [6.07, 6.45) is 3.52. The molecule has 0 spiro atoms. The first kappa shape index (κ1) is 20.5. The lowest BCUT2D eigenvalue weighted by Gasteiger charge is -2.15. The summed E-state index contributed by atoms with van der Waals surface area (Å²) in [6, 6.07) is 12.9. The van der Waals surface area contributed by atoms with E-state index in [1.165, 1.54) is 9.58 Å². The van der Waals surface area contributed by atoms with Crippen molar-refractivity contribution in [2.75, 3.05) is 6.54 Å². The van der Waals surface area contributed by atoms with Crippen molar-refractivity contribution in [3.8, 4) is 5.69 Å². The summed E-state index contributed by atoms with van der Waals surface area (Å²) in [6.45, 7) is 7.83. The van der Waals surface area contributed by atoms with Gasteiger partial charge in [-0.2, -0.15) is 4.57 Å². The summed E-state index contributed by atoms with van der Waals surface area (Å²) in [5.41, 5.74) is 2.31. The maximum Gasteiger partial charge on any atom is 0.326 e. The fraction of sp³-hybridized carbons (Fsp3) is 0.250. The van der Waals surface area contributed by atoms with Gasteiger partial charge in [-0.3, -0.25) is 24.4 Å². The number of pyridine rings is 1. The lowest BCUT2D eigenvalue weighted by Crippen LogP contribution is -2.41. The third-order valence-corrected chi connectivity index (χ3v) is 5.23. The molecule has 1 aromatic carbocycles. The quantitative estimate of drug-likeness (QED) is 0.512. The SMILES string of the molecule is Cc1ccc[n+](C2=C(c3c(C)[nH]n(-c4ccccc4)c3=O)C(=O)N(CC(C)C)C2=O)c1. The second-order valence-corrected chi connectivity index (χ2v) is 8.21. The largest absolute Gasteiger partial charge is 0.326 e. The minimum Gasteiger partial charge on any atom is -0.295 e. The molecule has 31 heavy (non-hydrogen) atoms. The van der Waals surface area contributed by atoms with Crippen LogP contribution in [-0.2, 0) is 9.59 Å². The van der Waals surface area contributed by atoms with Crippen LogP contribution in [0.15, 0.2) is 59.7 Å². The Kier molecular flexibility index (Phi) is 5.19. The van der Waals surface area contributed by atoms with Crippen LogP contribution in [0.5, 0.6) is 0 Å². The summed E-state index contributed by atoms with van der Waals surface area (Å²) >= 11 is 0. The van der Waals surface area contributed by atoms with E-state index in [9.17, 15) is 14.4 Å². The minimum absolute atomic E-state index is 0.101. The number of carbonyl (C=O) groups is 2. The van der Waals surface area contributed by atoms with Gasteiger partial charge in [0.25, 0.3) is 17.2 Å². The zero-order chi connectivity index (χ0) is 22.3. The van der Waals surface area contributed by atoms with Gasteiger partial charge in [-0.05, 0) is 38.0 Å². The molecule has 2 amide bonds. The molecular weight excluding hydrogens is 392 g/mol. The van der Waals surface area contributed by atoms with E-state index in [0.29, 0.717) is 11.4 Å². The average molecular weight is 417 g/mol. The maximum atomic E-state index is 13.4. The van der Waals surface area contributed by atoms with Gasteiger partial charge in [0.1, 0.15) is 5.57 Å². The number of nitrogens with zero attached hydrogens (tertiary/aromatic N) is 3. The predicted octanol–water partition coefficient (Wildman–Crippen LogP) is 2.46. The van der Waals surface area contributed by atoms with Gasteiger partial charge >= 0.3 is 5.91 Å². The topological polar surface area (TPSA) is 79.1 Å². The number of aromatic nitrogens is 3. The third kappa shape index (κ3) is 3.52. The Bertz CT molecular complexity index is 1270. The molecule has 0 fully saturated rings. The van der Waals surface area contributed by atoms with Gasteiger partial charge in [0.2, 0.25) is 0 Å². The number of carbonyl (C=O) groups excluding carboxylic acids is 2. The van der Waals surface area contributed by atoms with Gasteiger partial charge in [0.05, 0.1) is 11.3 Å². The van der Waals surface area contributed by atoms with Crippen LogP contribution in [0.4, 0.5) is 0 Å². The molecule has 0 saturated heterocycles. The highest BCUT2D eigenvalue weighted by molar-refractivity contribution is 6.44. The number of para-hydroxylation sites is 1. The van der Waals surface area contributed by atoms with Crippen LogP contribution in [0, 0.1) is 19.8 Å². The van der Waals surface area contributed by atoms with Gasteiger partial charge in [0, 0.05) is 23.9 Å². The summed E-state index contributed by atoms with van der Waals surface area (Å²) in [7, 11) is 0. The normalized spacial score (nSPS) is 14.3. The van der Waals surface area contributed by atoms with Gasteiger partial charge in [0.15, 0.2) is 12.4 Å².